The monoisotopic (exact) mass is 241 g/mol. The second-order valence-corrected chi connectivity index (χ2v) is 4.35. The molecule has 3 nitrogen and oxygen atoms in total. The van der Waals surface area contributed by atoms with Crippen LogP contribution < -0.4 is 5.32 Å². The molecule has 0 saturated heterocycles. The van der Waals surface area contributed by atoms with E-state index in [0.29, 0.717) is 6.04 Å². The number of hydrogen-bond donors (Lipinski definition) is 1. The SMILES string of the molecule is CCNC(Cc1ccncc1)c1cccnc1C. The van der Waals surface area contributed by atoms with E-state index in [2.05, 4.69) is 47.3 Å². The van der Waals surface area contributed by atoms with Gasteiger partial charge in [0.25, 0.3) is 0 Å². The molecule has 0 amide bonds. The van der Waals surface area contributed by atoms with Crippen LogP contribution in [0.1, 0.15) is 29.8 Å². The van der Waals surface area contributed by atoms with E-state index in [1.54, 1.807) is 0 Å². The molecule has 0 aliphatic carbocycles. The molecule has 2 aromatic rings. The molecule has 3 heteroatoms. The van der Waals surface area contributed by atoms with Gasteiger partial charge in [0.1, 0.15) is 0 Å². The number of rotatable bonds is 5. The maximum absolute atomic E-state index is 4.37. The molecule has 1 unspecified atom stereocenters. The van der Waals surface area contributed by atoms with Crippen LogP contribution in [0.3, 0.4) is 0 Å². The van der Waals surface area contributed by atoms with Gasteiger partial charge in [-0.1, -0.05) is 13.0 Å². The van der Waals surface area contributed by atoms with Gasteiger partial charge in [0.2, 0.25) is 0 Å². The summed E-state index contributed by atoms with van der Waals surface area (Å²) in [4.78, 5) is 8.43. The average molecular weight is 241 g/mol. The van der Waals surface area contributed by atoms with Crippen molar-refractivity contribution in [3.63, 3.8) is 0 Å². The topological polar surface area (TPSA) is 37.8 Å². The lowest BCUT2D eigenvalue weighted by Crippen LogP contribution is -2.24. The van der Waals surface area contributed by atoms with E-state index in [0.717, 1.165) is 18.7 Å². The van der Waals surface area contributed by atoms with E-state index < -0.39 is 0 Å². The van der Waals surface area contributed by atoms with Gasteiger partial charge in [-0.2, -0.15) is 0 Å². The van der Waals surface area contributed by atoms with Crippen molar-refractivity contribution in [3.8, 4) is 0 Å². The molecule has 1 N–H and O–H groups in total. The normalized spacial score (nSPS) is 12.3. The maximum atomic E-state index is 4.37. The van der Waals surface area contributed by atoms with Crippen LogP contribution in [0.5, 0.6) is 0 Å². The van der Waals surface area contributed by atoms with Crippen molar-refractivity contribution >= 4 is 0 Å². The Kier molecular flexibility index (Phi) is 4.42. The van der Waals surface area contributed by atoms with Crippen molar-refractivity contribution in [1.29, 1.82) is 0 Å². The van der Waals surface area contributed by atoms with Gasteiger partial charge in [-0.3, -0.25) is 9.97 Å². The van der Waals surface area contributed by atoms with Crippen molar-refractivity contribution in [2.45, 2.75) is 26.3 Å². The first kappa shape index (κ1) is 12.7. The zero-order valence-corrected chi connectivity index (χ0v) is 10.9. The van der Waals surface area contributed by atoms with E-state index >= 15 is 0 Å². The second-order valence-electron chi connectivity index (χ2n) is 4.35. The molecule has 0 aliphatic heterocycles. The van der Waals surface area contributed by atoms with Gasteiger partial charge < -0.3 is 5.32 Å². The van der Waals surface area contributed by atoms with Gasteiger partial charge in [-0.05, 0) is 49.2 Å². The number of nitrogens with zero attached hydrogens (tertiary/aromatic N) is 2. The predicted molar refractivity (Wildman–Crippen MR) is 73.3 cm³/mol. The maximum Gasteiger partial charge on any atom is 0.0420 e. The Hall–Kier alpha value is -1.74. The number of aryl methyl sites for hydroxylation is 1. The van der Waals surface area contributed by atoms with Gasteiger partial charge >= 0.3 is 0 Å². The first-order valence-corrected chi connectivity index (χ1v) is 6.35. The van der Waals surface area contributed by atoms with E-state index in [9.17, 15) is 0 Å². The standard InChI is InChI=1S/C15H19N3/c1-3-17-15(11-13-6-9-16-10-7-13)14-5-4-8-18-12(14)2/h4-10,15,17H,3,11H2,1-2H3. The number of nitrogens with one attached hydrogen (secondary N) is 1. The minimum absolute atomic E-state index is 0.311. The summed E-state index contributed by atoms with van der Waals surface area (Å²) < 4.78 is 0. The summed E-state index contributed by atoms with van der Waals surface area (Å²) in [6.07, 6.45) is 6.49. The highest BCUT2D eigenvalue weighted by molar-refractivity contribution is 5.25. The van der Waals surface area contributed by atoms with Crippen LogP contribution in [0, 0.1) is 6.92 Å². The highest BCUT2D eigenvalue weighted by Gasteiger charge is 2.13. The Balaban J connectivity index is 2.21. The molecule has 0 aromatic carbocycles. The van der Waals surface area contributed by atoms with Gasteiger partial charge in [0.15, 0.2) is 0 Å². The summed E-state index contributed by atoms with van der Waals surface area (Å²) in [7, 11) is 0. The van der Waals surface area contributed by atoms with Crippen LogP contribution in [-0.4, -0.2) is 16.5 Å². The number of pyridine rings is 2. The van der Waals surface area contributed by atoms with E-state index in [-0.39, 0.29) is 0 Å². The van der Waals surface area contributed by atoms with Gasteiger partial charge in [0.05, 0.1) is 0 Å². The molecule has 0 saturated carbocycles. The summed E-state index contributed by atoms with van der Waals surface area (Å²) in [5.74, 6) is 0. The molecule has 0 bridgehead atoms. The van der Waals surface area contributed by atoms with Gasteiger partial charge in [-0.15, -0.1) is 0 Å². The quantitative estimate of drug-likeness (QED) is 0.874. The van der Waals surface area contributed by atoms with Gasteiger partial charge in [-0.25, -0.2) is 0 Å². The third-order valence-corrected chi connectivity index (χ3v) is 3.06. The Morgan fingerprint density at radius 2 is 1.94 bits per heavy atom. The first-order chi connectivity index (χ1) is 8.81. The van der Waals surface area contributed by atoms with Crippen molar-refractivity contribution < 1.29 is 0 Å². The molecule has 1 atom stereocenters. The van der Waals surface area contributed by atoms with Crippen molar-refractivity contribution in [3.05, 3.63) is 59.7 Å². The summed E-state index contributed by atoms with van der Waals surface area (Å²) in [5.41, 5.74) is 3.66. The molecule has 2 aromatic heterocycles. The number of likely N-dealkylation sites (N-methyl/N-ethyl adjacent to an activating group) is 1. The average Bonchev–Trinajstić information content (AvgIpc) is 2.40. The van der Waals surface area contributed by atoms with Crippen molar-refractivity contribution in [2.75, 3.05) is 6.54 Å². The molecular weight excluding hydrogens is 222 g/mol. The van der Waals surface area contributed by atoms with Crippen LogP contribution in [0.4, 0.5) is 0 Å². The zero-order valence-electron chi connectivity index (χ0n) is 10.9. The molecule has 18 heavy (non-hydrogen) atoms. The molecule has 2 rings (SSSR count). The first-order valence-electron chi connectivity index (χ1n) is 6.35. The molecule has 0 aliphatic rings. The van der Waals surface area contributed by atoms with Crippen LogP contribution in [0.2, 0.25) is 0 Å². The predicted octanol–water partition coefficient (Wildman–Crippen LogP) is 2.68. The fraction of sp³-hybridized carbons (Fsp3) is 0.333. The third-order valence-electron chi connectivity index (χ3n) is 3.06. The zero-order chi connectivity index (χ0) is 12.8. The summed E-state index contributed by atoms with van der Waals surface area (Å²) in [6.45, 7) is 5.14. The second kappa shape index (κ2) is 6.26. The summed E-state index contributed by atoms with van der Waals surface area (Å²) in [6, 6.07) is 8.59. The molecular formula is C15H19N3. The van der Waals surface area contributed by atoms with Crippen molar-refractivity contribution in [2.24, 2.45) is 0 Å². The fourth-order valence-corrected chi connectivity index (χ4v) is 2.16. The Bertz CT molecular complexity index is 482. The minimum atomic E-state index is 0.311. The Labute approximate surface area is 108 Å². The Morgan fingerprint density at radius 3 is 2.61 bits per heavy atom. The largest absolute Gasteiger partial charge is 0.310 e. The number of aromatic nitrogens is 2. The van der Waals surface area contributed by atoms with Crippen molar-refractivity contribution in [1.82, 2.24) is 15.3 Å². The van der Waals surface area contributed by atoms with E-state index in [1.165, 1.54) is 11.1 Å². The molecule has 2 heterocycles. The van der Waals surface area contributed by atoms with Gasteiger partial charge in [0, 0.05) is 30.3 Å². The smallest absolute Gasteiger partial charge is 0.0420 e. The third kappa shape index (κ3) is 3.14. The minimum Gasteiger partial charge on any atom is -0.310 e. The van der Waals surface area contributed by atoms with Crippen LogP contribution >= 0.6 is 0 Å². The molecule has 94 valence electrons. The lowest BCUT2D eigenvalue weighted by molar-refractivity contribution is 0.545. The summed E-state index contributed by atoms with van der Waals surface area (Å²) in [5, 5.41) is 3.53. The van der Waals surface area contributed by atoms with Crippen LogP contribution in [0.15, 0.2) is 42.9 Å². The van der Waals surface area contributed by atoms with E-state index in [4.69, 9.17) is 0 Å². The lowest BCUT2D eigenvalue weighted by atomic mass is 9.98. The summed E-state index contributed by atoms with van der Waals surface area (Å²) >= 11 is 0. The van der Waals surface area contributed by atoms with Crippen LogP contribution in [0.25, 0.3) is 0 Å². The van der Waals surface area contributed by atoms with E-state index in [1.807, 2.05) is 24.7 Å². The lowest BCUT2D eigenvalue weighted by Gasteiger charge is -2.19. The molecule has 0 radical (unpaired) electrons. The van der Waals surface area contributed by atoms with Crippen LogP contribution in [-0.2, 0) is 6.42 Å². The highest BCUT2D eigenvalue weighted by atomic mass is 14.9. The highest BCUT2D eigenvalue weighted by Crippen LogP contribution is 2.20. The molecule has 0 spiro atoms. The Morgan fingerprint density at radius 1 is 1.17 bits per heavy atom. The fourth-order valence-electron chi connectivity index (χ4n) is 2.16. The molecule has 0 fully saturated rings. The number of hydrogen-bond acceptors (Lipinski definition) is 3.